The molecule has 0 aromatic heterocycles. The van der Waals surface area contributed by atoms with E-state index in [2.05, 4.69) is 0 Å². The van der Waals surface area contributed by atoms with Gasteiger partial charge in [-0.2, -0.15) is 0 Å². The van der Waals surface area contributed by atoms with Gasteiger partial charge in [0.15, 0.2) is 0 Å². The van der Waals surface area contributed by atoms with E-state index in [9.17, 15) is 4.57 Å². The molecule has 0 saturated heterocycles. The molecule has 96 valence electrons. The molecule has 0 bridgehead atoms. The first-order valence-electron chi connectivity index (χ1n) is 5.68. The van der Waals surface area contributed by atoms with E-state index in [1.807, 2.05) is 13.8 Å². The number of ether oxygens (including phenoxy) is 2. The number of nitrogen functional groups attached to an aromatic ring is 1. The lowest BCUT2D eigenvalue weighted by Crippen LogP contribution is -2.04. The van der Waals surface area contributed by atoms with Crippen LogP contribution in [0, 0.1) is 0 Å². The van der Waals surface area contributed by atoms with Crippen molar-refractivity contribution < 1.29 is 14.0 Å². The quantitative estimate of drug-likeness (QED) is 0.628. The van der Waals surface area contributed by atoms with Gasteiger partial charge in [-0.05, 0) is 12.1 Å². The second-order valence-corrected chi connectivity index (χ2v) is 7.51. The Kier molecular flexibility index (Phi) is 4.88. The number of methoxy groups -OCH3 is 1. The van der Waals surface area contributed by atoms with Crippen LogP contribution in [0.15, 0.2) is 18.2 Å². The van der Waals surface area contributed by atoms with Crippen LogP contribution in [0.4, 0.5) is 5.69 Å². The Balaban J connectivity index is 2.73. The SMILES string of the molecule is CCP(=O)(CC)COc1ccc(OC)cc1N. The maximum Gasteiger partial charge on any atom is 0.143 e. The highest BCUT2D eigenvalue weighted by atomic mass is 31.2. The van der Waals surface area contributed by atoms with Gasteiger partial charge in [0.2, 0.25) is 0 Å². The van der Waals surface area contributed by atoms with Gasteiger partial charge in [-0.25, -0.2) is 0 Å². The minimum absolute atomic E-state index is 0.247. The Morgan fingerprint density at radius 1 is 1.29 bits per heavy atom. The second kappa shape index (κ2) is 5.97. The van der Waals surface area contributed by atoms with Gasteiger partial charge in [0.1, 0.15) is 25.0 Å². The molecule has 0 amide bonds. The fraction of sp³-hybridized carbons (Fsp3) is 0.500. The molecule has 0 heterocycles. The van der Waals surface area contributed by atoms with Gasteiger partial charge >= 0.3 is 0 Å². The third kappa shape index (κ3) is 3.67. The third-order valence-electron chi connectivity index (χ3n) is 2.82. The lowest BCUT2D eigenvalue weighted by Gasteiger charge is -2.16. The normalized spacial score (nSPS) is 11.2. The summed E-state index contributed by atoms with van der Waals surface area (Å²) in [5.74, 6) is 1.25. The van der Waals surface area contributed by atoms with Gasteiger partial charge in [-0.3, -0.25) is 0 Å². The Bertz CT molecular complexity index is 412. The first-order valence-corrected chi connectivity index (χ1v) is 7.94. The van der Waals surface area contributed by atoms with Gasteiger partial charge in [-0.15, -0.1) is 0 Å². The lowest BCUT2D eigenvalue weighted by molar-refractivity contribution is 0.375. The highest BCUT2D eigenvalue weighted by molar-refractivity contribution is 7.63. The van der Waals surface area contributed by atoms with Crippen LogP contribution < -0.4 is 15.2 Å². The van der Waals surface area contributed by atoms with Crippen LogP contribution >= 0.6 is 7.14 Å². The molecule has 0 fully saturated rings. The minimum atomic E-state index is -2.19. The first kappa shape index (κ1) is 13.9. The van der Waals surface area contributed by atoms with Crippen molar-refractivity contribution in [2.75, 3.05) is 31.5 Å². The molecule has 0 atom stereocenters. The molecule has 1 aromatic carbocycles. The molecule has 0 spiro atoms. The van der Waals surface area contributed by atoms with E-state index in [-0.39, 0.29) is 6.35 Å². The molecule has 0 saturated carbocycles. The molecule has 1 aromatic rings. The molecule has 0 unspecified atom stereocenters. The Hall–Kier alpha value is -1.15. The molecular weight excluding hydrogens is 237 g/mol. The van der Waals surface area contributed by atoms with Crippen LogP contribution in [-0.4, -0.2) is 25.8 Å². The summed E-state index contributed by atoms with van der Waals surface area (Å²) in [6, 6.07) is 5.20. The molecule has 0 aliphatic carbocycles. The van der Waals surface area contributed by atoms with Gasteiger partial charge in [-0.1, -0.05) is 13.8 Å². The largest absolute Gasteiger partial charge is 0.497 e. The van der Waals surface area contributed by atoms with E-state index in [1.165, 1.54) is 0 Å². The van der Waals surface area contributed by atoms with Crippen LogP contribution in [0.25, 0.3) is 0 Å². The van der Waals surface area contributed by atoms with Crippen LogP contribution in [0.2, 0.25) is 0 Å². The van der Waals surface area contributed by atoms with Crippen molar-refractivity contribution >= 4 is 12.8 Å². The number of nitrogens with two attached hydrogens (primary N) is 1. The zero-order valence-corrected chi connectivity index (χ0v) is 11.5. The van der Waals surface area contributed by atoms with Crippen molar-refractivity contribution in [3.63, 3.8) is 0 Å². The standard InChI is InChI=1S/C12H20NO3P/c1-4-17(14,5-2)9-16-12-7-6-10(15-3)8-11(12)13/h6-8H,4-5,9,13H2,1-3H3. The molecule has 5 heteroatoms. The fourth-order valence-corrected chi connectivity index (χ4v) is 2.57. The maximum atomic E-state index is 12.2. The fourth-order valence-electron chi connectivity index (χ4n) is 1.38. The zero-order chi connectivity index (χ0) is 12.9. The van der Waals surface area contributed by atoms with E-state index in [1.54, 1.807) is 25.3 Å². The van der Waals surface area contributed by atoms with E-state index >= 15 is 0 Å². The van der Waals surface area contributed by atoms with E-state index in [4.69, 9.17) is 15.2 Å². The summed E-state index contributed by atoms with van der Waals surface area (Å²) in [6.07, 6.45) is 1.55. The zero-order valence-electron chi connectivity index (χ0n) is 10.6. The van der Waals surface area contributed by atoms with Crippen LogP contribution in [0.5, 0.6) is 11.5 Å². The molecule has 0 aliphatic rings. The number of hydrogen-bond donors (Lipinski definition) is 1. The smallest absolute Gasteiger partial charge is 0.143 e. The first-order chi connectivity index (χ1) is 8.04. The topological polar surface area (TPSA) is 61.5 Å². The minimum Gasteiger partial charge on any atom is -0.497 e. The predicted molar refractivity (Wildman–Crippen MR) is 71.6 cm³/mol. The molecule has 1 rings (SSSR count). The van der Waals surface area contributed by atoms with Gasteiger partial charge in [0.05, 0.1) is 12.8 Å². The molecule has 0 aliphatic heterocycles. The summed E-state index contributed by atoms with van der Waals surface area (Å²) >= 11 is 0. The molecule has 4 nitrogen and oxygen atoms in total. The number of rotatable bonds is 6. The van der Waals surface area contributed by atoms with Gasteiger partial charge in [0, 0.05) is 18.4 Å². The summed E-state index contributed by atoms with van der Waals surface area (Å²) in [5.41, 5.74) is 6.32. The summed E-state index contributed by atoms with van der Waals surface area (Å²) in [6.45, 7) is 3.84. The van der Waals surface area contributed by atoms with Crippen molar-refractivity contribution in [2.45, 2.75) is 13.8 Å². The molecule has 0 radical (unpaired) electrons. The predicted octanol–water partition coefficient (Wildman–Crippen LogP) is 3.02. The van der Waals surface area contributed by atoms with Crippen molar-refractivity contribution in [1.82, 2.24) is 0 Å². The molecule has 17 heavy (non-hydrogen) atoms. The number of hydrogen-bond acceptors (Lipinski definition) is 4. The summed E-state index contributed by atoms with van der Waals surface area (Å²) in [4.78, 5) is 0. The Labute approximate surface area is 102 Å². The lowest BCUT2D eigenvalue weighted by atomic mass is 10.3. The van der Waals surface area contributed by atoms with Crippen molar-refractivity contribution in [3.05, 3.63) is 18.2 Å². The maximum absolute atomic E-state index is 12.2. The van der Waals surface area contributed by atoms with E-state index in [0.29, 0.717) is 29.5 Å². The van der Waals surface area contributed by atoms with E-state index in [0.717, 1.165) is 0 Å². The van der Waals surface area contributed by atoms with Crippen molar-refractivity contribution in [1.29, 1.82) is 0 Å². The van der Waals surface area contributed by atoms with E-state index < -0.39 is 7.14 Å². The monoisotopic (exact) mass is 257 g/mol. The number of benzene rings is 1. The van der Waals surface area contributed by atoms with Crippen molar-refractivity contribution in [2.24, 2.45) is 0 Å². The van der Waals surface area contributed by atoms with Crippen LogP contribution in [0.1, 0.15) is 13.8 Å². The average Bonchev–Trinajstić information content (AvgIpc) is 2.36. The Morgan fingerprint density at radius 3 is 2.41 bits per heavy atom. The molecule has 2 N–H and O–H groups in total. The van der Waals surface area contributed by atoms with Crippen molar-refractivity contribution in [3.8, 4) is 11.5 Å². The van der Waals surface area contributed by atoms with Gasteiger partial charge < -0.3 is 19.8 Å². The Morgan fingerprint density at radius 2 is 1.94 bits per heavy atom. The highest BCUT2D eigenvalue weighted by Crippen LogP contribution is 2.45. The van der Waals surface area contributed by atoms with Crippen LogP contribution in [-0.2, 0) is 4.57 Å². The summed E-state index contributed by atoms with van der Waals surface area (Å²) < 4.78 is 22.8. The number of anilines is 1. The van der Waals surface area contributed by atoms with Gasteiger partial charge in [0.25, 0.3) is 0 Å². The third-order valence-corrected chi connectivity index (χ3v) is 5.73. The summed E-state index contributed by atoms with van der Waals surface area (Å²) in [5, 5.41) is 0. The average molecular weight is 257 g/mol. The highest BCUT2D eigenvalue weighted by Gasteiger charge is 2.18. The summed E-state index contributed by atoms with van der Waals surface area (Å²) in [7, 11) is -0.613. The second-order valence-electron chi connectivity index (χ2n) is 3.87. The van der Waals surface area contributed by atoms with Crippen LogP contribution in [0.3, 0.4) is 0 Å². The molecular formula is C12H20NO3P.